The summed E-state index contributed by atoms with van der Waals surface area (Å²) in [4.78, 5) is 11.3. The van der Waals surface area contributed by atoms with Gasteiger partial charge in [0, 0.05) is 32.1 Å². The van der Waals surface area contributed by atoms with Crippen LogP contribution in [0.2, 0.25) is 0 Å². The van der Waals surface area contributed by atoms with Crippen molar-refractivity contribution < 1.29 is 0 Å². The van der Waals surface area contributed by atoms with Crippen LogP contribution in [-0.4, -0.2) is 30.6 Å². The van der Waals surface area contributed by atoms with E-state index in [9.17, 15) is 0 Å². The fourth-order valence-electron chi connectivity index (χ4n) is 1.54. The van der Waals surface area contributed by atoms with E-state index in [0.717, 1.165) is 30.4 Å². The molecule has 1 aromatic rings. The highest BCUT2D eigenvalue weighted by Crippen LogP contribution is 2.23. The van der Waals surface area contributed by atoms with Crippen molar-refractivity contribution in [1.82, 2.24) is 9.97 Å². The zero-order chi connectivity index (χ0) is 13.1. The number of hydrogen-bond acceptors (Lipinski definition) is 4. The molecule has 0 fully saturated rings. The lowest BCUT2D eigenvalue weighted by Crippen LogP contribution is -2.23. The van der Waals surface area contributed by atoms with Crippen molar-refractivity contribution >= 4 is 11.6 Å². The van der Waals surface area contributed by atoms with Gasteiger partial charge < -0.3 is 10.2 Å². The maximum Gasteiger partial charge on any atom is 0.138 e. The van der Waals surface area contributed by atoms with Crippen LogP contribution in [0.5, 0.6) is 0 Å². The second-order valence-electron chi connectivity index (χ2n) is 5.36. The maximum absolute atomic E-state index is 4.65. The Bertz CT molecular complexity index is 368. The molecule has 1 N–H and O–H groups in total. The molecule has 4 heteroatoms. The van der Waals surface area contributed by atoms with Gasteiger partial charge in [-0.05, 0) is 6.42 Å². The number of aromatic nitrogens is 2. The summed E-state index contributed by atoms with van der Waals surface area (Å²) in [5.74, 6) is 2.74. The predicted octanol–water partition coefficient (Wildman–Crippen LogP) is 2.66. The minimum absolute atomic E-state index is 0.0331. The van der Waals surface area contributed by atoms with Crippen LogP contribution < -0.4 is 10.2 Å². The Morgan fingerprint density at radius 3 is 2.41 bits per heavy atom. The van der Waals surface area contributed by atoms with Gasteiger partial charge in [-0.25, -0.2) is 9.97 Å². The van der Waals surface area contributed by atoms with Gasteiger partial charge >= 0.3 is 0 Å². The molecule has 17 heavy (non-hydrogen) atoms. The van der Waals surface area contributed by atoms with Crippen LogP contribution in [0.25, 0.3) is 0 Å². The molecule has 0 saturated carbocycles. The van der Waals surface area contributed by atoms with Gasteiger partial charge in [0.25, 0.3) is 0 Å². The summed E-state index contributed by atoms with van der Waals surface area (Å²) in [6.45, 7) is 9.56. The molecule has 0 aliphatic rings. The molecule has 1 heterocycles. The first-order valence-corrected chi connectivity index (χ1v) is 6.17. The molecule has 1 rings (SSSR count). The average Bonchev–Trinajstić information content (AvgIpc) is 2.27. The second-order valence-corrected chi connectivity index (χ2v) is 5.36. The van der Waals surface area contributed by atoms with Crippen LogP contribution in [0.1, 0.15) is 39.9 Å². The number of nitrogens with zero attached hydrogens (tertiary/aromatic N) is 3. The molecular formula is C13H24N4. The number of anilines is 2. The first kappa shape index (κ1) is 13.7. The monoisotopic (exact) mass is 236 g/mol. The van der Waals surface area contributed by atoms with Crippen LogP contribution in [0.15, 0.2) is 6.07 Å². The van der Waals surface area contributed by atoms with Gasteiger partial charge in [-0.3, -0.25) is 0 Å². The van der Waals surface area contributed by atoms with E-state index in [1.165, 1.54) is 0 Å². The number of hydrogen-bond donors (Lipinski definition) is 1. The minimum atomic E-state index is -0.0331. The van der Waals surface area contributed by atoms with Gasteiger partial charge in [0.2, 0.25) is 0 Å². The predicted molar refractivity (Wildman–Crippen MR) is 73.8 cm³/mol. The summed E-state index contributed by atoms with van der Waals surface area (Å²) < 4.78 is 0. The van der Waals surface area contributed by atoms with E-state index < -0.39 is 0 Å². The Morgan fingerprint density at radius 2 is 1.94 bits per heavy atom. The third-order valence-electron chi connectivity index (χ3n) is 2.59. The lowest BCUT2D eigenvalue weighted by atomic mass is 9.96. The summed E-state index contributed by atoms with van der Waals surface area (Å²) in [7, 11) is 3.95. The first-order valence-electron chi connectivity index (χ1n) is 6.17. The molecule has 0 atom stereocenters. The van der Waals surface area contributed by atoms with Gasteiger partial charge in [0.15, 0.2) is 0 Å². The topological polar surface area (TPSA) is 41.0 Å². The highest BCUT2D eigenvalue weighted by atomic mass is 15.2. The average molecular weight is 236 g/mol. The summed E-state index contributed by atoms with van der Waals surface area (Å²) in [5.41, 5.74) is -0.0331. The fraction of sp³-hybridized carbons (Fsp3) is 0.692. The van der Waals surface area contributed by atoms with Crippen molar-refractivity contribution in [1.29, 1.82) is 0 Å². The first-order chi connectivity index (χ1) is 7.88. The van der Waals surface area contributed by atoms with Crippen molar-refractivity contribution in [3.8, 4) is 0 Å². The molecule has 0 spiro atoms. The molecule has 0 bridgehead atoms. The van der Waals surface area contributed by atoms with Crippen LogP contribution >= 0.6 is 0 Å². The molecular weight excluding hydrogens is 212 g/mol. The third kappa shape index (κ3) is 3.58. The Hall–Kier alpha value is -1.32. The van der Waals surface area contributed by atoms with E-state index in [2.05, 4.69) is 54.9 Å². The molecule has 4 nitrogen and oxygen atoms in total. The van der Waals surface area contributed by atoms with E-state index in [-0.39, 0.29) is 5.41 Å². The number of nitrogens with one attached hydrogen (secondary N) is 1. The zero-order valence-corrected chi connectivity index (χ0v) is 11.8. The maximum atomic E-state index is 4.65. The normalized spacial score (nSPS) is 11.4. The van der Waals surface area contributed by atoms with Gasteiger partial charge in [0.1, 0.15) is 17.5 Å². The number of rotatable bonds is 4. The standard InChI is InChI=1S/C13H24N4/c1-7-8-17(6)11-9-10(14-5)15-12(16-11)13(2,3)4/h9H,7-8H2,1-6H3,(H,14,15,16). The van der Waals surface area contributed by atoms with Crippen molar-refractivity contribution in [2.45, 2.75) is 39.5 Å². The highest BCUT2D eigenvalue weighted by Gasteiger charge is 2.19. The molecule has 0 aliphatic heterocycles. The minimum Gasteiger partial charge on any atom is -0.373 e. The Labute approximate surface area is 104 Å². The van der Waals surface area contributed by atoms with E-state index >= 15 is 0 Å². The zero-order valence-electron chi connectivity index (χ0n) is 11.8. The van der Waals surface area contributed by atoms with Crippen LogP contribution in [0.4, 0.5) is 11.6 Å². The van der Waals surface area contributed by atoms with E-state index in [1.54, 1.807) is 0 Å². The van der Waals surface area contributed by atoms with Crippen LogP contribution in [0.3, 0.4) is 0 Å². The Kier molecular flexibility index (Phi) is 4.32. The van der Waals surface area contributed by atoms with Crippen molar-refractivity contribution in [3.63, 3.8) is 0 Å². The van der Waals surface area contributed by atoms with Gasteiger partial charge in [0.05, 0.1) is 0 Å². The largest absolute Gasteiger partial charge is 0.373 e. The van der Waals surface area contributed by atoms with Gasteiger partial charge in [-0.15, -0.1) is 0 Å². The van der Waals surface area contributed by atoms with Crippen LogP contribution in [0, 0.1) is 0 Å². The molecule has 0 amide bonds. The van der Waals surface area contributed by atoms with Gasteiger partial charge in [-0.2, -0.15) is 0 Å². The molecule has 0 aliphatic carbocycles. The smallest absolute Gasteiger partial charge is 0.138 e. The quantitative estimate of drug-likeness (QED) is 0.872. The third-order valence-corrected chi connectivity index (χ3v) is 2.59. The highest BCUT2D eigenvalue weighted by molar-refractivity contribution is 5.49. The van der Waals surface area contributed by atoms with E-state index in [0.29, 0.717) is 0 Å². The Balaban J connectivity index is 3.14. The van der Waals surface area contributed by atoms with Crippen molar-refractivity contribution in [3.05, 3.63) is 11.9 Å². The summed E-state index contributed by atoms with van der Waals surface area (Å²) >= 11 is 0. The van der Waals surface area contributed by atoms with Crippen molar-refractivity contribution in [2.75, 3.05) is 30.9 Å². The lowest BCUT2D eigenvalue weighted by molar-refractivity contribution is 0.545. The summed E-state index contributed by atoms with van der Waals surface area (Å²) in [5, 5.41) is 3.10. The van der Waals surface area contributed by atoms with Gasteiger partial charge in [-0.1, -0.05) is 27.7 Å². The summed E-state index contributed by atoms with van der Waals surface area (Å²) in [6, 6.07) is 1.99. The molecule has 0 radical (unpaired) electrons. The molecule has 0 unspecified atom stereocenters. The van der Waals surface area contributed by atoms with E-state index in [4.69, 9.17) is 0 Å². The second kappa shape index (κ2) is 5.34. The Morgan fingerprint density at radius 1 is 1.29 bits per heavy atom. The fourth-order valence-corrected chi connectivity index (χ4v) is 1.54. The summed E-state index contributed by atoms with van der Waals surface area (Å²) in [6.07, 6.45) is 1.11. The molecule has 0 saturated heterocycles. The lowest BCUT2D eigenvalue weighted by Gasteiger charge is -2.22. The molecule has 1 aromatic heterocycles. The molecule has 0 aromatic carbocycles. The van der Waals surface area contributed by atoms with E-state index in [1.807, 2.05) is 13.1 Å². The van der Waals surface area contributed by atoms with Crippen molar-refractivity contribution in [2.24, 2.45) is 0 Å². The SMILES string of the molecule is CCCN(C)c1cc(NC)nc(C(C)(C)C)n1. The van der Waals surface area contributed by atoms with Crippen LogP contribution in [-0.2, 0) is 5.41 Å². The molecule has 96 valence electrons.